The van der Waals surface area contributed by atoms with Crippen LogP contribution < -0.4 is 15.9 Å². The van der Waals surface area contributed by atoms with Gasteiger partial charge in [0.25, 0.3) is 11.4 Å². The largest absolute Gasteiger partial charge is 0.456 e. The molecule has 62 heavy (non-hydrogen) atoms. The maximum Gasteiger partial charge on any atom is 0.355 e. The molecule has 0 unspecified atom stereocenters. The number of nitro benzene ring substituents is 2. The third kappa shape index (κ3) is 9.27. The predicted octanol–water partition coefficient (Wildman–Crippen LogP) is 10.2. The van der Waals surface area contributed by atoms with E-state index in [0.717, 1.165) is 31.9 Å². The molecular weight excluding hydrogens is 838 g/mol. The van der Waals surface area contributed by atoms with E-state index >= 15 is 0 Å². The lowest BCUT2D eigenvalue weighted by atomic mass is 9.91. The Morgan fingerprint density at radius 2 is 1.34 bits per heavy atom. The molecule has 1 heterocycles. The monoisotopic (exact) mass is 889 g/mol. The fourth-order valence-corrected chi connectivity index (χ4v) is 13.6. The quantitative estimate of drug-likeness (QED) is 0.0191. The Morgan fingerprint density at radius 1 is 0.823 bits per heavy atom. The average molecular weight is 890 g/mol. The van der Waals surface area contributed by atoms with Gasteiger partial charge in [-0.3, -0.25) is 29.9 Å². The summed E-state index contributed by atoms with van der Waals surface area (Å²) in [4.78, 5) is 53.3. The maximum atomic E-state index is 14.7. The van der Waals surface area contributed by atoms with Crippen LogP contribution in [0.5, 0.6) is 0 Å². The number of benzene rings is 5. The van der Waals surface area contributed by atoms with Gasteiger partial charge in [-0.05, 0) is 109 Å². The molecule has 14 heteroatoms. The Labute approximate surface area is 368 Å². The van der Waals surface area contributed by atoms with Crippen molar-refractivity contribution in [1.29, 1.82) is 0 Å². The molecule has 0 saturated carbocycles. The highest BCUT2D eigenvalue weighted by Crippen LogP contribution is 2.51. The molecule has 1 amide bonds. The first-order valence-corrected chi connectivity index (χ1v) is 26.0. The van der Waals surface area contributed by atoms with E-state index in [0.29, 0.717) is 11.1 Å². The molecule has 1 aliphatic rings. The number of likely N-dealkylation sites (tertiary alicyclic amines) is 1. The van der Waals surface area contributed by atoms with Crippen molar-refractivity contribution in [3.63, 3.8) is 0 Å². The van der Waals surface area contributed by atoms with Gasteiger partial charge < -0.3 is 9.16 Å². The zero-order chi connectivity index (χ0) is 45.1. The van der Waals surface area contributed by atoms with E-state index in [9.17, 15) is 29.8 Å². The van der Waals surface area contributed by atoms with Crippen molar-refractivity contribution in [2.24, 2.45) is 5.92 Å². The fourth-order valence-electron chi connectivity index (χ4n) is 7.37. The number of carbonyl (C=O) groups is 2. The van der Waals surface area contributed by atoms with Gasteiger partial charge in [-0.1, -0.05) is 112 Å². The fraction of sp³-hybridized carbons (Fsp3) is 0.271. The molecular formula is C48H52N3O8PSSi. The van der Waals surface area contributed by atoms with Gasteiger partial charge in [-0.15, -0.1) is 0 Å². The zero-order valence-electron chi connectivity index (χ0n) is 36.2. The first kappa shape index (κ1) is 45.9. The number of allylic oxidation sites excluding steroid dienone is 1. The Kier molecular flexibility index (Phi) is 13.6. The standard InChI is InChI=1S/C48H52N3O8PSSi/c1-32(2)44(47(53)58-31-34-23-27-36(28-24-34)50(54)55)49-45(52)42(33(3)59-62(8,9)48(4,5)6)46(49)61-41-22-16-21-40(43(41)35-25-29-37(30-26-35)51(56)57)60(7,38-17-12-10-13-18-38)39-19-14-11-15-20-39/h10-30,33,42,46H,7,31H2,1-6,8-9H3/t33-,42+,46-/m1/s1. The van der Waals surface area contributed by atoms with E-state index in [-0.39, 0.29) is 34.6 Å². The summed E-state index contributed by atoms with van der Waals surface area (Å²) in [5.74, 6) is -1.65. The number of rotatable bonds is 15. The molecule has 6 rings (SSSR count). The minimum atomic E-state index is -2.64. The second-order valence-corrected chi connectivity index (χ2v) is 26.2. The van der Waals surface area contributed by atoms with Crippen LogP contribution in [-0.4, -0.2) is 52.7 Å². The van der Waals surface area contributed by atoms with Crippen LogP contribution in [0.1, 0.15) is 47.1 Å². The minimum absolute atomic E-state index is 0.0462. The van der Waals surface area contributed by atoms with Gasteiger partial charge in [-0.25, -0.2) is 4.79 Å². The molecule has 0 bridgehead atoms. The summed E-state index contributed by atoms with van der Waals surface area (Å²) in [5, 5.41) is 25.3. The van der Waals surface area contributed by atoms with Crippen LogP contribution in [0.3, 0.4) is 0 Å². The molecule has 0 radical (unpaired) electrons. The molecule has 0 N–H and O–H groups in total. The predicted molar refractivity (Wildman–Crippen MR) is 253 cm³/mol. The molecule has 0 aromatic heterocycles. The number of amides is 1. The molecule has 0 spiro atoms. The number of hydrogen-bond acceptors (Lipinski definition) is 9. The highest BCUT2D eigenvalue weighted by atomic mass is 32.2. The van der Waals surface area contributed by atoms with Crippen molar-refractivity contribution < 1.29 is 28.6 Å². The number of nitro groups is 2. The third-order valence-electron chi connectivity index (χ3n) is 11.7. The SMILES string of the molecule is C=P(c1ccccc1)(c1ccccc1)c1cccc(S[C@@H]2[C@@H]([C@@H](C)O[Si](C)(C)C(C)(C)C)C(=O)N2C(C(=O)OCc2ccc([N+](=O)[O-])cc2)=C(C)C)c1-c1ccc([N+](=O)[O-])cc1. The summed E-state index contributed by atoms with van der Waals surface area (Å²) in [7, 11) is -2.39. The second kappa shape index (κ2) is 18.4. The van der Waals surface area contributed by atoms with Crippen molar-refractivity contribution in [1.82, 2.24) is 4.90 Å². The number of non-ortho nitro benzene ring substituents is 2. The first-order chi connectivity index (χ1) is 29.3. The average Bonchev–Trinajstić information content (AvgIpc) is 3.24. The summed E-state index contributed by atoms with van der Waals surface area (Å²) in [6.45, 7) is 13.3. The third-order valence-corrected chi connectivity index (χ3v) is 21.2. The van der Waals surface area contributed by atoms with Crippen LogP contribution in [0.4, 0.5) is 11.4 Å². The van der Waals surface area contributed by atoms with Crippen LogP contribution in [0.15, 0.2) is 144 Å². The lowest BCUT2D eigenvalue weighted by Gasteiger charge is -2.51. The van der Waals surface area contributed by atoms with Crippen LogP contribution in [0.25, 0.3) is 11.1 Å². The molecule has 0 aliphatic carbocycles. The number of carbonyl (C=O) groups excluding carboxylic acids is 2. The Morgan fingerprint density at radius 3 is 1.82 bits per heavy atom. The van der Waals surface area contributed by atoms with E-state index in [4.69, 9.17) is 15.5 Å². The number of nitrogens with zero attached hydrogens (tertiary/aromatic N) is 3. The normalized spacial score (nSPS) is 15.9. The Balaban J connectivity index is 1.51. The van der Waals surface area contributed by atoms with Crippen LogP contribution in [0.2, 0.25) is 18.1 Å². The molecule has 11 nitrogen and oxygen atoms in total. The number of thioether (sulfide) groups is 1. The summed E-state index contributed by atoms with van der Waals surface area (Å²) in [6.07, 6.45) is 4.52. The van der Waals surface area contributed by atoms with Crippen molar-refractivity contribution in [2.75, 3.05) is 0 Å². The number of ether oxygens (including phenoxy) is 1. The van der Waals surface area contributed by atoms with E-state index < -0.39 is 48.4 Å². The lowest BCUT2D eigenvalue weighted by Crippen LogP contribution is -2.64. The van der Waals surface area contributed by atoms with E-state index in [1.165, 1.54) is 53.1 Å². The summed E-state index contributed by atoms with van der Waals surface area (Å²) < 4.78 is 12.7. The molecule has 5 aromatic rings. The Hall–Kier alpha value is -5.59. The number of esters is 1. The molecule has 5 aromatic carbocycles. The van der Waals surface area contributed by atoms with E-state index in [1.54, 1.807) is 26.0 Å². The Bertz CT molecular complexity index is 2510. The zero-order valence-corrected chi connectivity index (χ0v) is 38.9. The van der Waals surface area contributed by atoms with E-state index in [2.05, 4.69) is 64.2 Å². The van der Waals surface area contributed by atoms with Crippen LogP contribution in [-0.2, 0) is 25.4 Å². The van der Waals surface area contributed by atoms with Crippen molar-refractivity contribution in [3.8, 4) is 11.1 Å². The topological polar surface area (TPSA) is 142 Å². The van der Waals surface area contributed by atoms with Gasteiger partial charge >= 0.3 is 5.97 Å². The van der Waals surface area contributed by atoms with Gasteiger partial charge in [0.1, 0.15) is 17.7 Å². The second-order valence-electron chi connectivity index (χ2n) is 17.1. The van der Waals surface area contributed by atoms with Crippen molar-refractivity contribution in [2.45, 2.75) is 82.7 Å². The van der Waals surface area contributed by atoms with Crippen LogP contribution in [0, 0.1) is 26.1 Å². The van der Waals surface area contributed by atoms with Gasteiger partial charge in [-0.2, -0.15) is 0 Å². The summed E-state index contributed by atoms with van der Waals surface area (Å²) in [5.41, 5.74) is 2.64. The van der Waals surface area contributed by atoms with Crippen molar-refractivity contribution in [3.05, 3.63) is 164 Å². The molecule has 322 valence electrons. The molecule has 1 fully saturated rings. The summed E-state index contributed by atoms with van der Waals surface area (Å²) in [6, 6.07) is 38.5. The van der Waals surface area contributed by atoms with E-state index in [1.807, 2.05) is 55.5 Å². The van der Waals surface area contributed by atoms with Gasteiger partial charge in [0.2, 0.25) is 5.91 Å². The van der Waals surface area contributed by atoms with Gasteiger partial charge in [0.15, 0.2) is 8.32 Å². The lowest BCUT2D eigenvalue weighted by molar-refractivity contribution is -0.385. The molecule has 3 atom stereocenters. The number of hydrogen-bond donors (Lipinski definition) is 0. The molecule has 1 saturated heterocycles. The van der Waals surface area contributed by atoms with Gasteiger partial charge in [0, 0.05) is 34.7 Å². The minimum Gasteiger partial charge on any atom is -0.456 e. The highest BCUT2D eigenvalue weighted by Gasteiger charge is 2.55. The van der Waals surface area contributed by atoms with Crippen LogP contribution >= 0.6 is 18.6 Å². The highest BCUT2D eigenvalue weighted by molar-refractivity contribution is 8.00. The van der Waals surface area contributed by atoms with Crippen molar-refractivity contribution >= 4 is 72.4 Å². The first-order valence-electron chi connectivity index (χ1n) is 20.2. The summed E-state index contributed by atoms with van der Waals surface area (Å²) >= 11 is 1.44. The maximum absolute atomic E-state index is 14.7. The molecule has 1 aliphatic heterocycles. The number of β-lactam (4-membered cyclic amide) rings is 1. The van der Waals surface area contributed by atoms with Gasteiger partial charge in [0.05, 0.1) is 21.9 Å². The smallest absolute Gasteiger partial charge is 0.355 e.